The van der Waals surface area contributed by atoms with Gasteiger partial charge in [0.05, 0.1) is 0 Å². The van der Waals surface area contributed by atoms with Crippen LogP contribution in [0.3, 0.4) is 0 Å². The van der Waals surface area contributed by atoms with Gasteiger partial charge >= 0.3 is 8.80 Å². The predicted octanol–water partition coefficient (Wildman–Crippen LogP) is 11.9. The van der Waals surface area contributed by atoms with Crippen LogP contribution in [0.1, 0.15) is 213 Å². The van der Waals surface area contributed by atoms with E-state index in [0.29, 0.717) is 0 Å². The molecular weight excluding hydrogens is 568 g/mol. The van der Waals surface area contributed by atoms with Gasteiger partial charge in [-0.05, 0) is 19.3 Å². The van der Waals surface area contributed by atoms with Gasteiger partial charge in [-0.2, -0.15) is 0 Å². The Kier molecular flexibility index (Phi) is 30.6. The van der Waals surface area contributed by atoms with Crippen molar-refractivity contribution in [1.29, 1.82) is 0 Å². The monoisotopic (exact) mass is 641 g/mol. The van der Waals surface area contributed by atoms with Crippen LogP contribution in [-0.2, 0) is 27.7 Å². The van der Waals surface area contributed by atoms with Gasteiger partial charge in [0.2, 0.25) is 0 Å². The molecule has 0 aliphatic heterocycles. The summed E-state index contributed by atoms with van der Waals surface area (Å²) in [5.74, 6) is -1.31. The van der Waals surface area contributed by atoms with Gasteiger partial charge in [-0.3, -0.25) is 14.4 Å². The van der Waals surface area contributed by atoms with E-state index in [1.807, 2.05) is 0 Å². The Bertz CT molecular complexity index is 595. The number of unbranched alkanes of at least 4 members (excludes halogenated alkanes) is 24. The maximum absolute atomic E-state index is 12.7. The summed E-state index contributed by atoms with van der Waals surface area (Å²) in [5.41, 5.74) is 0. The number of hydrogen-bond donors (Lipinski definition) is 0. The topological polar surface area (TPSA) is 78.9 Å². The number of carbonyl (C=O) groups excluding carboxylic acids is 3. The van der Waals surface area contributed by atoms with Gasteiger partial charge in [0.1, 0.15) is 0 Å². The molecule has 0 aromatic carbocycles. The summed E-state index contributed by atoms with van der Waals surface area (Å²) in [5, 5.41) is 0. The van der Waals surface area contributed by atoms with Crippen molar-refractivity contribution < 1.29 is 27.7 Å². The zero-order valence-electron chi connectivity index (χ0n) is 29.7. The van der Waals surface area contributed by atoms with E-state index in [0.717, 1.165) is 57.8 Å². The van der Waals surface area contributed by atoms with Gasteiger partial charge in [0.15, 0.2) is 0 Å². The van der Waals surface area contributed by atoms with Gasteiger partial charge in [-0.1, -0.05) is 175 Å². The van der Waals surface area contributed by atoms with Gasteiger partial charge in [0, 0.05) is 25.8 Å². The molecule has 0 bridgehead atoms. The Hall–Kier alpha value is -1.37. The SMILES string of the molecule is CCCCCCCCCCCC(=O)O[Si](C)(OC(=O)CCCCCCCCCCC)OC(=O)CCCCCCCCCCC. The Morgan fingerprint density at radius 2 is 0.523 bits per heavy atom. The van der Waals surface area contributed by atoms with E-state index >= 15 is 0 Å². The van der Waals surface area contributed by atoms with Crippen LogP contribution in [-0.4, -0.2) is 26.7 Å². The summed E-state index contributed by atoms with van der Waals surface area (Å²) >= 11 is 0. The molecule has 0 radical (unpaired) electrons. The maximum Gasteiger partial charge on any atom is 0.701 e. The minimum atomic E-state index is -3.77. The first-order valence-corrected chi connectivity index (χ1v) is 21.2. The van der Waals surface area contributed by atoms with Crippen molar-refractivity contribution in [3.05, 3.63) is 0 Å². The lowest BCUT2D eigenvalue weighted by Crippen LogP contribution is -2.47. The van der Waals surface area contributed by atoms with E-state index in [1.165, 1.54) is 122 Å². The molecule has 0 spiro atoms. The van der Waals surface area contributed by atoms with Crippen molar-refractivity contribution in [3.8, 4) is 0 Å². The molecule has 0 N–H and O–H groups in total. The molecule has 260 valence electrons. The smallest absolute Gasteiger partial charge is 0.455 e. The fourth-order valence-electron chi connectivity index (χ4n) is 5.58. The van der Waals surface area contributed by atoms with E-state index in [9.17, 15) is 14.4 Å². The summed E-state index contributed by atoms with van der Waals surface area (Å²) < 4.78 is 16.9. The summed E-state index contributed by atoms with van der Waals surface area (Å²) in [4.78, 5) is 38.1. The second-order valence-corrected chi connectivity index (χ2v) is 15.4. The highest BCUT2D eigenvalue weighted by Crippen LogP contribution is 2.19. The molecule has 0 aliphatic rings. The molecule has 44 heavy (non-hydrogen) atoms. The van der Waals surface area contributed by atoms with Gasteiger partial charge in [-0.15, -0.1) is 0 Å². The third-order valence-corrected chi connectivity index (χ3v) is 10.1. The molecule has 0 aromatic rings. The van der Waals surface area contributed by atoms with Crippen LogP contribution in [0.5, 0.6) is 0 Å². The van der Waals surface area contributed by atoms with Crippen LogP contribution in [0.4, 0.5) is 0 Å². The maximum atomic E-state index is 12.7. The third-order valence-electron chi connectivity index (χ3n) is 8.35. The van der Waals surface area contributed by atoms with Crippen LogP contribution in [0, 0.1) is 0 Å². The molecule has 0 saturated heterocycles. The summed E-state index contributed by atoms with van der Waals surface area (Å²) in [7, 11) is -3.77. The summed E-state index contributed by atoms with van der Waals surface area (Å²) in [6.07, 6.45) is 32.0. The average molecular weight is 641 g/mol. The standard InChI is InChI=1S/C37H72O6Si/c1-5-8-11-14-17-20-23-26-29-32-35(38)41-44(4,42-36(39)33-30-27-24-21-18-15-12-9-6-2)43-37(40)34-31-28-25-22-19-16-13-10-7-3/h5-34H2,1-4H3. The molecule has 0 amide bonds. The van der Waals surface area contributed by atoms with Crippen LogP contribution in [0.25, 0.3) is 0 Å². The van der Waals surface area contributed by atoms with Crippen molar-refractivity contribution in [1.82, 2.24) is 0 Å². The van der Waals surface area contributed by atoms with Crippen LogP contribution < -0.4 is 0 Å². The Balaban J connectivity index is 4.56. The highest BCUT2D eigenvalue weighted by atomic mass is 28.4. The van der Waals surface area contributed by atoms with Crippen molar-refractivity contribution in [2.24, 2.45) is 0 Å². The molecule has 0 heterocycles. The summed E-state index contributed by atoms with van der Waals surface area (Å²) in [6, 6.07) is 0. The third kappa shape index (κ3) is 29.3. The van der Waals surface area contributed by atoms with E-state index in [4.69, 9.17) is 13.3 Å². The first-order valence-electron chi connectivity index (χ1n) is 19.0. The molecular formula is C37H72O6Si. The van der Waals surface area contributed by atoms with Crippen LogP contribution in [0.2, 0.25) is 6.55 Å². The Morgan fingerprint density at radius 3 is 0.727 bits per heavy atom. The molecule has 0 atom stereocenters. The average Bonchev–Trinajstić information content (AvgIpc) is 2.98. The number of carbonyl (C=O) groups is 3. The van der Waals surface area contributed by atoms with Crippen molar-refractivity contribution in [2.75, 3.05) is 0 Å². The molecule has 0 unspecified atom stereocenters. The molecule has 6 nitrogen and oxygen atoms in total. The van der Waals surface area contributed by atoms with E-state index < -0.39 is 26.7 Å². The quantitative estimate of drug-likeness (QED) is 0.0524. The highest BCUT2D eigenvalue weighted by Gasteiger charge is 2.47. The van der Waals surface area contributed by atoms with Gasteiger partial charge < -0.3 is 13.3 Å². The second kappa shape index (κ2) is 31.6. The highest BCUT2D eigenvalue weighted by molar-refractivity contribution is 6.64. The van der Waals surface area contributed by atoms with E-state index in [1.54, 1.807) is 0 Å². The minimum Gasteiger partial charge on any atom is -0.455 e. The van der Waals surface area contributed by atoms with Gasteiger partial charge in [0.25, 0.3) is 17.9 Å². The molecule has 0 saturated carbocycles. The Morgan fingerprint density at radius 1 is 0.341 bits per heavy atom. The van der Waals surface area contributed by atoms with Crippen molar-refractivity contribution in [3.63, 3.8) is 0 Å². The van der Waals surface area contributed by atoms with Gasteiger partial charge in [-0.25, -0.2) is 0 Å². The lowest BCUT2D eigenvalue weighted by molar-refractivity contribution is -0.150. The largest absolute Gasteiger partial charge is 0.701 e. The number of hydrogen-bond acceptors (Lipinski definition) is 6. The molecule has 7 heteroatoms. The normalized spacial score (nSPS) is 11.5. The fraction of sp³-hybridized carbons (Fsp3) is 0.919. The Labute approximate surface area is 273 Å². The fourth-order valence-corrected chi connectivity index (χ4v) is 7.25. The van der Waals surface area contributed by atoms with Crippen molar-refractivity contribution in [2.45, 2.75) is 220 Å². The first kappa shape index (κ1) is 42.6. The van der Waals surface area contributed by atoms with Crippen LogP contribution in [0.15, 0.2) is 0 Å². The first-order chi connectivity index (χ1) is 21.4. The predicted molar refractivity (Wildman–Crippen MR) is 185 cm³/mol. The van der Waals surface area contributed by atoms with E-state index in [2.05, 4.69) is 20.8 Å². The van der Waals surface area contributed by atoms with Crippen molar-refractivity contribution >= 4 is 26.7 Å². The number of rotatable bonds is 33. The molecule has 0 aromatic heterocycles. The molecule has 0 fully saturated rings. The second-order valence-electron chi connectivity index (χ2n) is 13.0. The lowest BCUT2D eigenvalue weighted by atomic mass is 10.1. The van der Waals surface area contributed by atoms with E-state index in [-0.39, 0.29) is 19.3 Å². The minimum absolute atomic E-state index is 0.254. The summed E-state index contributed by atoms with van der Waals surface area (Å²) in [6.45, 7) is 8.20. The van der Waals surface area contributed by atoms with Crippen LogP contribution >= 0.6 is 0 Å². The molecule has 0 rings (SSSR count). The lowest BCUT2D eigenvalue weighted by Gasteiger charge is -2.24. The zero-order valence-corrected chi connectivity index (χ0v) is 30.7. The molecule has 0 aliphatic carbocycles. The zero-order chi connectivity index (χ0) is 32.6.